The minimum atomic E-state index is -0.324. The van der Waals surface area contributed by atoms with Crippen LogP contribution in [0.5, 0.6) is 0 Å². The molecule has 2 nitrogen and oxygen atoms in total. The fourth-order valence-electron chi connectivity index (χ4n) is 6.85. The lowest BCUT2D eigenvalue weighted by Crippen LogP contribution is -2.55. The predicted octanol–water partition coefficient (Wildman–Crippen LogP) is 5.82. The number of hydrogen-bond acceptors (Lipinski definition) is 4. The molecule has 0 unspecified atom stereocenters. The zero-order valence-electron chi connectivity index (χ0n) is 30.4. The topological polar surface area (TPSA) is 18.5 Å². The Morgan fingerprint density at radius 2 is 0.673 bits per heavy atom. The first-order valence-corrected chi connectivity index (χ1v) is 44.3. The molecular formula is C26H41BO2S23. The monoisotopic (exact) mass is 1130 g/mol. The first-order valence-electron chi connectivity index (χ1n) is 15.0. The van der Waals surface area contributed by atoms with Crippen molar-refractivity contribution in [2.24, 2.45) is 10.8 Å². The highest BCUT2D eigenvalue weighted by atomic mass is 33.5. The lowest BCUT2D eigenvalue weighted by molar-refractivity contribution is -0.0105. The van der Waals surface area contributed by atoms with Gasteiger partial charge in [0.25, 0.3) is 0 Å². The number of hydrogen-bond donors (Lipinski definition) is 0. The van der Waals surface area contributed by atoms with E-state index < -0.39 is 0 Å². The van der Waals surface area contributed by atoms with Crippen LogP contribution < -0.4 is 5.46 Å². The van der Waals surface area contributed by atoms with E-state index in [-0.39, 0.29) is 45.4 Å². The SMILES string of the molecule is CC1(C)OB(c2cc3c4c(c2)C(C)(C)C(C)(C)C4(C)C(C)(C)C3(C)C)OC1(C)C.S=S=S=S=S=S=S=S=S=S=S=S=S=S=S=S=S=S=S=S=S=S=S. The largest absolute Gasteiger partial charge is 0.494 e. The van der Waals surface area contributed by atoms with Crippen LogP contribution in [0.2, 0.25) is 0 Å². The molecule has 298 valence electrons. The van der Waals surface area contributed by atoms with Crippen LogP contribution in [0.15, 0.2) is 12.1 Å². The molecule has 0 aromatic heterocycles. The third kappa shape index (κ3) is 11.2. The molecule has 1 heterocycles. The van der Waals surface area contributed by atoms with Gasteiger partial charge in [-0.05, 0) is 71.5 Å². The van der Waals surface area contributed by atoms with Crippen LogP contribution in [0.4, 0.5) is 0 Å². The third-order valence-electron chi connectivity index (χ3n) is 11.7. The van der Waals surface area contributed by atoms with Crippen molar-refractivity contribution in [2.75, 3.05) is 0 Å². The molecule has 0 radical (unpaired) electrons. The highest BCUT2D eigenvalue weighted by molar-refractivity contribution is 8.78. The maximum atomic E-state index is 6.47. The summed E-state index contributed by atoms with van der Waals surface area (Å²) in [4.78, 5) is 0. The normalized spacial score (nSPS) is 20.3. The van der Waals surface area contributed by atoms with Gasteiger partial charge in [-0.1, -0.05) is 74.4 Å². The standard InChI is InChI=1S/C26H41BO2.S23/c1-20(2)17-14-16(27-28-24(9,10)25(11,12)29-27)15-18-19(17)26(13,22(20,5)6)23(7,8)21(18,3)4;1-3-5-7-9-11-13-15-17-19-21-23-22-20-18-16-14-12-10-8-6-4-2/h14-15H,1-13H3;. The molecule has 0 amide bonds. The second-order valence-electron chi connectivity index (χ2n) is 14.6. The molecule has 1 aromatic rings. The van der Waals surface area contributed by atoms with Crippen LogP contribution >= 0.6 is 0 Å². The molecule has 0 spiro atoms. The van der Waals surface area contributed by atoms with Gasteiger partial charge in [-0.15, -0.1) is 0 Å². The van der Waals surface area contributed by atoms with E-state index in [4.69, 9.17) is 31.7 Å². The van der Waals surface area contributed by atoms with Crippen molar-refractivity contribution in [2.45, 2.75) is 117 Å². The van der Waals surface area contributed by atoms with E-state index in [1.807, 2.05) is 26.6 Å². The van der Waals surface area contributed by atoms with Crippen molar-refractivity contribution < 1.29 is 9.31 Å². The molecule has 0 bridgehead atoms. The molecule has 1 aromatic carbocycles. The third-order valence-corrected chi connectivity index (χ3v) is 56.2. The van der Waals surface area contributed by atoms with Crippen LogP contribution in [0.1, 0.15) is 107 Å². The summed E-state index contributed by atoms with van der Waals surface area (Å²) in [5.41, 5.74) is 5.59. The van der Waals surface area contributed by atoms with Crippen molar-refractivity contribution in [1.82, 2.24) is 0 Å². The van der Waals surface area contributed by atoms with Gasteiger partial charge in [-0.2, -0.15) is 0 Å². The molecular weight excluding hydrogens is 1090 g/mol. The average molecular weight is 1130 g/mol. The second kappa shape index (κ2) is 21.9. The van der Waals surface area contributed by atoms with Crippen molar-refractivity contribution in [3.63, 3.8) is 0 Å². The molecule has 0 N–H and O–H groups in total. The van der Waals surface area contributed by atoms with E-state index in [0.717, 1.165) is 0 Å². The van der Waals surface area contributed by atoms with Crippen LogP contribution in [0.25, 0.3) is 0 Å². The van der Waals surface area contributed by atoms with Crippen LogP contribution in [0.3, 0.4) is 0 Å². The second-order valence-corrected chi connectivity index (χ2v) is 51.8. The Labute approximate surface area is 381 Å². The maximum Gasteiger partial charge on any atom is 0.494 e. The van der Waals surface area contributed by atoms with E-state index in [1.54, 1.807) is 148 Å². The molecule has 4 rings (SSSR count). The van der Waals surface area contributed by atoms with Crippen molar-refractivity contribution >= 4 is 221 Å². The lowest BCUT2D eigenvalue weighted by Gasteiger charge is -2.56. The van der Waals surface area contributed by atoms with Gasteiger partial charge in [-0.3, -0.25) is 0 Å². The van der Waals surface area contributed by atoms with Crippen molar-refractivity contribution in [3.8, 4) is 0 Å². The van der Waals surface area contributed by atoms with Gasteiger partial charge in [0, 0.05) is 214 Å². The summed E-state index contributed by atoms with van der Waals surface area (Å²) in [5.74, 6) is 0. The summed E-state index contributed by atoms with van der Waals surface area (Å²) < 4.78 is 12.9. The Bertz CT molecular complexity index is 2400. The smallest absolute Gasteiger partial charge is 0.399 e. The average Bonchev–Trinajstić information content (AvgIpc) is 3.42. The van der Waals surface area contributed by atoms with Gasteiger partial charge in [0.1, 0.15) is 0 Å². The molecule has 3 aliphatic rings. The molecule has 1 fully saturated rings. The van der Waals surface area contributed by atoms with Crippen molar-refractivity contribution in [3.05, 3.63) is 28.8 Å². The quantitative estimate of drug-likeness (QED) is 0.331. The van der Waals surface area contributed by atoms with Gasteiger partial charge in [0.2, 0.25) is 0 Å². The summed E-state index contributed by atoms with van der Waals surface area (Å²) in [6.07, 6.45) is 0. The van der Waals surface area contributed by atoms with Gasteiger partial charge < -0.3 is 9.31 Å². The summed E-state index contributed by atoms with van der Waals surface area (Å²) >= 11 is 9.54. The first kappa shape index (κ1) is 50.6. The Hall–Kier alpha value is 4.26. The van der Waals surface area contributed by atoms with Crippen LogP contribution in [-0.2, 0) is 234 Å². The van der Waals surface area contributed by atoms with Gasteiger partial charge in [0.05, 0.1) is 11.2 Å². The summed E-state index contributed by atoms with van der Waals surface area (Å²) in [7, 11) is 36.0. The Morgan fingerprint density at radius 3 is 0.923 bits per heavy atom. The van der Waals surface area contributed by atoms with Crippen LogP contribution in [0, 0.1) is 10.8 Å². The van der Waals surface area contributed by atoms with Gasteiger partial charge in [0.15, 0.2) is 0 Å². The molecule has 1 saturated heterocycles. The fourth-order valence-corrected chi connectivity index (χ4v) is 59.0. The number of benzene rings is 1. The molecule has 2 aliphatic carbocycles. The summed E-state index contributed by atoms with van der Waals surface area (Å²) in [6, 6.07) is 4.82. The Morgan fingerprint density at radius 1 is 0.423 bits per heavy atom. The lowest BCUT2D eigenvalue weighted by atomic mass is 9.47. The van der Waals surface area contributed by atoms with E-state index in [9.17, 15) is 0 Å². The highest BCUT2D eigenvalue weighted by Crippen LogP contribution is 2.75. The molecule has 1 aliphatic heterocycles. The van der Waals surface area contributed by atoms with E-state index in [1.165, 1.54) is 34.4 Å². The van der Waals surface area contributed by atoms with Crippen molar-refractivity contribution in [1.29, 1.82) is 0 Å². The Balaban J connectivity index is 0.000000290. The Kier molecular flexibility index (Phi) is 21.3. The van der Waals surface area contributed by atoms with E-state index in [2.05, 4.69) is 102 Å². The molecule has 52 heavy (non-hydrogen) atoms. The fraction of sp³-hybridized carbons (Fsp3) is 0.769. The zero-order valence-corrected chi connectivity index (χ0v) is 49.2. The molecule has 0 saturated carbocycles. The minimum Gasteiger partial charge on any atom is -0.399 e. The molecule has 0 atom stereocenters. The first-order chi connectivity index (χ1) is 24.2. The summed E-state index contributed by atoms with van der Waals surface area (Å²) in [6.45, 7) is 30.7. The van der Waals surface area contributed by atoms with Crippen LogP contribution in [-0.4, -0.2) is 18.3 Å². The predicted molar refractivity (Wildman–Crippen MR) is 293 cm³/mol. The molecule has 26 heteroatoms. The number of rotatable bonds is 1. The minimum absolute atomic E-state index is 0.0687. The maximum absolute atomic E-state index is 6.47. The van der Waals surface area contributed by atoms with Gasteiger partial charge >= 0.3 is 7.12 Å². The highest BCUT2D eigenvalue weighted by Gasteiger charge is 2.72. The van der Waals surface area contributed by atoms with E-state index >= 15 is 0 Å². The zero-order chi connectivity index (χ0) is 39.1. The van der Waals surface area contributed by atoms with Gasteiger partial charge in [-0.25, -0.2) is 0 Å². The van der Waals surface area contributed by atoms with E-state index in [0.29, 0.717) is 0 Å². The summed E-state index contributed by atoms with van der Waals surface area (Å²) in [5, 5.41) is 0.